The summed E-state index contributed by atoms with van der Waals surface area (Å²) in [6, 6.07) is -6.08. The molecule has 0 amide bonds. The highest BCUT2D eigenvalue weighted by Gasteiger charge is 2.25. The molecule has 0 aromatic heterocycles. The fourth-order valence-electron chi connectivity index (χ4n) is 2.56. The van der Waals surface area contributed by atoms with Crippen LogP contribution in [-0.4, -0.2) is 46.9 Å². The first-order valence-electron chi connectivity index (χ1n) is 25.6. The fourth-order valence-corrected chi connectivity index (χ4v) is 2.56. The van der Waals surface area contributed by atoms with Gasteiger partial charge < -0.3 is 24.6 Å². The van der Waals surface area contributed by atoms with Gasteiger partial charge in [0.25, 0.3) is 0 Å². The van der Waals surface area contributed by atoms with Gasteiger partial charge in [-0.2, -0.15) is 0 Å². The highest BCUT2D eigenvalue weighted by atomic mass is 16.5. The van der Waals surface area contributed by atoms with Crippen molar-refractivity contribution in [2.45, 2.75) is 84.0 Å². The molecule has 2 rings (SSSR count). The van der Waals surface area contributed by atoms with Gasteiger partial charge in [0.2, 0.25) is 1.43 Å². The van der Waals surface area contributed by atoms with Crippen molar-refractivity contribution in [3.05, 3.63) is 64.1 Å². The minimum atomic E-state index is -4.94. The quantitative estimate of drug-likeness (QED) is 0.220. The van der Waals surface area contributed by atoms with Gasteiger partial charge >= 0.3 is 0 Å². The Morgan fingerprint density at radius 3 is 2.50 bits per heavy atom. The first kappa shape index (κ1) is 8.54. The van der Waals surface area contributed by atoms with Gasteiger partial charge in [-0.3, -0.25) is 0 Å². The zero-order chi connectivity index (χ0) is 53.8. The summed E-state index contributed by atoms with van der Waals surface area (Å²) >= 11 is 0. The summed E-state index contributed by atoms with van der Waals surface area (Å²) in [5.41, 5.74) is -5.48. The normalized spacial score (nSPS) is 30.6. The Morgan fingerprint density at radius 2 is 1.78 bits per heavy atom. The van der Waals surface area contributed by atoms with E-state index in [9.17, 15) is 0 Å². The Hall–Kier alpha value is -1.92. The summed E-state index contributed by atoms with van der Waals surface area (Å²) in [4.78, 5) is 0. The van der Waals surface area contributed by atoms with E-state index in [1.165, 1.54) is 20.8 Å². The van der Waals surface area contributed by atoms with E-state index in [4.69, 9.17) is 57.2 Å². The smallest absolute Gasteiger partial charge is 0.211 e. The Kier molecular flexibility index (Phi) is 3.80. The van der Waals surface area contributed by atoms with Crippen LogP contribution in [0, 0.1) is 13.8 Å². The van der Waals surface area contributed by atoms with Crippen LogP contribution in [0.25, 0.3) is 0 Å². The molecule has 0 spiro atoms. The molecular formula is C31H49NO4. The number of aliphatic hydroxyl groups is 1. The molecule has 2 N–H and O–H groups in total. The van der Waals surface area contributed by atoms with E-state index in [0.717, 1.165) is 14.0 Å². The van der Waals surface area contributed by atoms with Crippen molar-refractivity contribution < 1.29 is 60.5 Å². The van der Waals surface area contributed by atoms with Crippen LogP contribution in [0.5, 0.6) is 5.75 Å². The van der Waals surface area contributed by atoms with Gasteiger partial charge in [-0.15, -0.1) is 0 Å². The van der Waals surface area contributed by atoms with Gasteiger partial charge in [0, 0.05) is 57.0 Å². The van der Waals surface area contributed by atoms with Crippen molar-refractivity contribution in [3.8, 4) is 5.75 Å². The lowest BCUT2D eigenvalue weighted by Gasteiger charge is -2.25. The second-order valence-electron chi connectivity index (χ2n) is 7.22. The first-order valence-corrected chi connectivity index (χ1v) is 10.3. The number of hydrogen-bond acceptors (Lipinski definition) is 5. The molecule has 0 saturated heterocycles. The molecule has 202 valence electrons. The monoisotopic (exact) mass is 531 g/mol. The molecule has 0 bridgehead atoms. The molecule has 36 heavy (non-hydrogen) atoms. The highest BCUT2D eigenvalue weighted by molar-refractivity contribution is 5.47. The Labute approximate surface area is 263 Å². The predicted molar refractivity (Wildman–Crippen MR) is 149 cm³/mol. The van der Waals surface area contributed by atoms with Crippen molar-refractivity contribution in [2.75, 3.05) is 40.3 Å². The standard InChI is InChI=1S/C31H49NO4/c1-24-15-9-10-16-26(24)17-11-14-20-36-19-13-8-7-12-18-32-23-29(34-5)27-21-25(2)30(35-6)28(22-27)31(3,4)33/h9-10,15-16,21-22,29,32-33H,7-8,11-14,17-20,23H2,1-6H3/i7D2,8D2,9D,10D,11D2,12D2,13D2,14D2,15D,16D,17D2,18D2,19D2,20D2,21D,22D,23D2,29D,33D/hD. The molecule has 0 aliphatic carbocycles. The second-order valence-corrected chi connectivity index (χ2v) is 7.22. The van der Waals surface area contributed by atoms with Crippen LogP contribution in [0.4, 0.5) is 0 Å². The lowest BCUT2D eigenvalue weighted by Crippen LogP contribution is -2.25. The van der Waals surface area contributed by atoms with E-state index >= 15 is 0 Å². The maximum absolute atomic E-state index is 9.10. The number of nitrogens with one attached hydrogen (secondary N) is 1. The molecule has 1 atom stereocenters. The van der Waals surface area contributed by atoms with E-state index in [2.05, 4.69) is 4.74 Å². The van der Waals surface area contributed by atoms with Gasteiger partial charge in [-0.25, -0.2) is 0 Å². The van der Waals surface area contributed by atoms with Crippen LogP contribution in [0.15, 0.2) is 36.3 Å². The fraction of sp³-hybridized carbons (Fsp3) is 0.613. The van der Waals surface area contributed by atoms with Crippen molar-refractivity contribution in [1.82, 2.24) is 5.31 Å². The zero-order valence-corrected chi connectivity index (χ0v) is 20.6. The molecule has 0 aliphatic rings. The van der Waals surface area contributed by atoms with Gasteiger partial charge in [0.05, 0.1) is 33.9 Å². The molecule has 0 saturated carbocycles. The highest BCUT2D eigenvalue weighted by Crippen LogP contribution is 2.35. The first-order chi connectivity index (χ1) is 29.3. The van der Waals surface area contributed by atoms with Crippen LogP contribution in [-0.2, 0) is 21.4 Å². The van der Waals surface area contributed by atoms with Crippen LogP contribution in [0.3, 0.4) is 0 Å². The third kappa shape index (κ3) is 10.2. The predicted octanol–water partition coefficient (Wildman–Crippen LogP) is 6.42. The maximum atomic E-state index is 9.10. The van der Waals surface area contributed by atoms with Crippen molar-refractivity contribution in [3.63, 3.8) is 0 Å². The molecule has 2 aromatic rings. The molecule has 2 aromatic carbocycles. The van der Waals surface area contributed by atoms with Gasteiger partial charge in [0.1, 0.15) is 7.16 Å². The van der Waals surface area contributed by atoms with Crippen molar-refractivity contribution >= 4 is 0 Å². The third-order valence-corrected chi connectivity index (χ3v) is 4.15. The molecule has 0 fully saturated rings. The SMILES string of the molecule is [2H]OC(C)(C)c1c([2H])c(C([2H])(OC)C([2H])([2H])N([2H])C([2H])([2H])C([2H])([2H])C([2H])([2H])C([2H])([2H])C([2H])([2H])C([2H])([2H])OC([2H])([2H])C([2H])([2H])C([2H])([2H])C([2H])([2H])c2c([2H])c([2H])c([2H])c([2H])c2C)c([2H])c(C)c1OC. The van der Waals surface area contributed by atoms with Gasteiger partial charge in [-0.1, -0.05) is 36.9 Å². The summed E-state index contributed by atoms with van der Waals surface area (Å²) in [6.07, 6.45) is -36.3. The van der Waals surface area contributed by atoms with Crippen LogP contribution in [0.2, 0.25) is 1.41 Å². The number of benzene rings is 2. The van der Waals surface area contributed by atoms with E-state index < -0.39 is 146 Å². The van der Waals surface area contributed by atoms with Crippen molar-refractivity contribution in [1.29, 1.82) is 1.43 Å². The summed E-state index contributed by atoms with van der Waals surface area (Å²) < 4.78 is 276. The number of rotatable bonds is 19. The molecule has 5 nitrogen and oxygen atoms in total. The number of ether oxygens (including phenoxy) is 3. The molecule has 1 unspecified atom stereocenters. The average molecular weight is 531 g/mol. The number of methoxy groups -OCH3 is 2. The van der Waals surface area contributed by atoms with Crippen LogP contribution >= 0.6 is 0 Å². The van der Waals surface area contributed by atoms with Gasteiger partial charge in [-0.05, 0) is 100 Å². The van der Waals surface area contributed by atoms with E-state index in [1.54, 1.807) is 0 Å². The summed E-state index contributed by atoms with van der Waals surface area (Å²) in [7, 11) is 1.69. The molecule has 0 radical (unpaired) electrons. The van der Waals surface area contributed by atoms with Gasteiger partial charge in [0.15, 0.2) is 0 Å². The van der Waals surface area contributed by atoms with E-state index in [-0.39, 0.29) is 11.3 Å². The van der Waals surface area contributed by atoms with E-state index in [1.807, 2.05) is 0 Å². The maximum Gasteiger partial charge on any atom is 0.211 e. The minimum absolute atomic E-state index is 0.245. The summed E-state index contributed by atoms with van der Waals surface area (Å²) in [5, 5.41) is 3.61. The molecule has 0 aliphatic heterocycles. The number of hydrogen-bond donors (Lipinski definition) is 2. The van der Waals surface area contributed by atoms with Crippen LogP contribution in [0.1, 0.15) is 126 Å². The average Bonchev–Trinajstić information content (AvgIpc) is 3.18. The molecule has 5 heteroatoms. The zero-order valence-electron chi connectivity index (χ0n) is 51.6. The van der Waals surface area contributed by atoms with E-state index in [0.29, 0.717) is 7.11 Å². The summed E-state index contributed by atoms with van der Waals surface area (Å²) in [5.74, 6) is -0.262. The lowest BCUT2D eigenvalue weighted by atomic mass is 9.91. The topological polar surface area (TPSA) is 60.0 Å². The Balaban J connectivity index is 2.83. The summed E-state index contributed by atoms with van der Waals surface area (Å²) in [6.45, 7) is -13.9. The van der Waals surface area contributed by atoms with Crippen molar-refractivity contribution in [2.24, 2.45) is 0 Å². The Bertz CT molecular complexity index is 2180. The van der Waals surface area contributed by atoms with Crippen LogP contribution < -0.4 is 10.0 Å². The molecular weight excluding hydrogens is 450 g/mol. The Morgan fingerprint density at radius 1 is 1.06 bits per heavy atom. The lowest BCUT2D eigenvalue weighted by molar-refractivity contribution is 0.0740. The largest absolute Gasteiger partial charge is 0.496 e. The molecule has 0 heterocycles. The minimum Gasteiger partial charge on any atom is -0.496 e. The third-order valence-electron chi connectivity index (χ3n) is 4.15. The second kappa shape index (κ2) is 16.0.